The van der Waals surface area contributed by atoms with Gasteiger partial charge in [-0.2, -0.15) is 0 Å². The molecule has 39 heavy (non-hydrogen) atoms. The smallest absolute Gasteiger partial charge is 0.243 e. The lowest BCUT2D eigenvalue weighted by Crippen LogP contribution is -2.31. The van der Waals surface area contributed by atoms with E-state index in [0.717, 1.165) is 34.4 Å². The Hall–Kier alpha value is -3.21. The maximum atomic E-state index is 12.1. The number of thioether (sulfide) groups is 1. The Morgan fingerprint density at radius 3 is 2.21 bits per heavy atom. The molecule has 3 atom stereocenters. The third-order valence-electron chi connectivity index (χ3n) is 6.47. The van der Waals surface area contributed by atoms with Crippen LogP contribution in [0.2, 0.25) is 0 Å². The molecule has 3 aromatic rings. The fourth-order valence-corrected chi connectivity index (χ4v) is 5.22. The minimum atomic E-state index is -0.538. The largest absolute Gasteiger partial charge is 0.392 e. The molecule has 9 heteroatoms. The number of carbonyl (C=O) groups is 2. The lowest BCUT2D eigenvalue weighted by atomic mass is 10.0. The molecule has 0 radical (unpaired) electrons. The van der Waals surface area contributed by atoms with Crippen molar-refractivity contribution in [3.05, 3.63) is 101 Å². The zero-order valence-corrected chi connectivity index (χ0v) is 22.4. The number of aliphatic hydroxyl groups is 1. The molecular weight excluding hydrogens is 516 g/mol. The van der Waals surface area contributed by atoms with Gasteiger partial charge in [0.25, 0.3) is 0 Å². The average Bonchev–Trinajstić information content (AvgIpc) is 2.99. The third kappa shape index (κ3) is 8.91. The van der Waals surface area contributed by atoms with Gasteiger partial charge in [0, 0.05) is 42.0 Å². The predicted molar refractivity (Wildman–Crippen MR) is 148 cm³/mol. The summed E-state index contributed by atoms with van der Waals surface area (Å²) in [5.41, 5.74) is 5.30. The summed E-state index contributed by atoms with van der Waals surface area (Å²) in [6.45, 7) is 0.370. The first-order valence-corrected chi connectivity index (χ1v) is 14.0. The molecule has 0 aromatic heterocycles. The Morgan fingerprint density at radius 1 is 0.846 bits per heavy atom. The number of hydrogen-bond donors (Lipinski definition) is 4. The van der Waals surface area contributed by atoms with Gasteiger partial charge >= 0.3 is 0 Å². The number of hydroxylamine groups is 1. The Morgan fingerprint density at radius 2 is 1.51 bits per heavy atom. The summed E-state index contributed by atoms with van der Waals surface area (Å²) in [5, 5.41) is 20.8. The summed E-state index contributed by atoms with van der Waals surface area (Å²) >= 11 is 1.76. The average molecular weight is 551 g/mol. The van der Waals surface area contributed by atoms with Crippen molar-refractivity contribution in [2.75, 3.05) is 5.75 Å². The zero-order valence-electron chi connectivity index (χ0n) is 21.6. The molecule has 4 N–H and O–H groups in total. The molecule has 1 aliphatic heterocycles. The van der Waals surface area contributed by atoms with Crippen LogP contribution in [0.15, 0.2) is 83.8 Å². The highest BCUT2D eigenvalue weighted by Crippen LogP contribution is 2.39. The van der Waals surface area contributed by atoms with E-state index in [9.17, 15) is 14.7 Å². The first-order chi connectivity index (χ1) is 19.0. The van der Waals surface area contributed by atoms with Gasteiger partial charge in [-0.3, -0.25) is 14.8 Å². The highest BCUT2D eigenvalue weighted by molar-refractivity contribution is 7.99. The van der Waals surface area contributed by atoms with Crippen molar-refractivity contribution in [1.29, 1.82) is 0 Å². The van der Waals surface area contributed by atoms with Crippen molar-refractivity contribution in [1.82, 2.24) is 10.8 Å². The van der Waals surface area contributed by atoms with Gasteiger partial charge in [-0.25, -0.2) is 5.48 Å². The van der Waals surface area contributed by atoms with Crippen molar-refractivity contribution < 1.29 is 29.4 Å². The summed E-state index contributed by atoms with van der Waals surface area (Å²) in [6.07, 6.45) is 0.674. The number of rotatable bonds is 12. The number of ether oxygens (including phenoxy) is 2. The zero-order chi connectivity index (χ0) is 27.5. The predicted octanol–water partition coefficient (Wildman–Crippen LogP) is 4.81. The van der Waals surface area contributed by atoms with Crippen molar-refractivity contribution >= 4 is 23.6 Å². The highest BCUT2D eigenvalue weighted by Gasteiger charge is 2.32. The first-order valence-electron chi connectivity index (χ1n) is 13.0. The molecule has 3 aromatic carbocycles. The highest BCUT2D eigenvalue weighted by atomic mass is 32.2. The van der Waals surface area contributed by atoms with Gasteiger partial charge in [0.05, 0.1) is 18.8 Å². The standard InChI is InChI=1S/C30H34N2O6S/c33-19-22-11-13-23(14-12-22)27-17-25(20-39-26-5-2-1-3-6-26)37-30(38-27)24-15-9-21(10-16-24)18-31-28(34)7-4-8-29(35)32-36/h1-3,5-6,9-16,25,27,30,33,36H,4,7-8,17-20H2,(H,31,34)(H,32,35)/t25-,27+,30+/m0/s1. The van der Waals surface area contributed by atoms with Crippen LogP contribution in [0.3, 0.4) is 0 Å². The van der Waals surface area contributed by atoms with Crippen molar-refractivity contribution in [2.24, 2.45) is 0 Å². The Kier molecular flexibility index (Phi) is 10.9. The minimum absolute atomic E-state index is 0.00154. The topological polar surface area (TPSA) is 117 Å². The summed E-state index contributed by atoms with van der Waals surface area (Å²) in [5.74, 6) is 0.132. The van der Waals surface area contributed by atoms with Gasteiger partial charge in [-0.05, 0) is 35.2 Å². The van der Waals surface area contributed by atoms with E-state index >= 15 is 0 Å². The molecule has 206 valence electrons. The van der Waals surface area contributed by atoms with Crippen LogP contribution in [-0.2, 0) is 32.2 Å². The van der Waals surface area contributed by atoms with Crippen molar-refractivity contribution in [3.63, 3.8) is 0 Å². The molecule has 1 heterocycles. The van der Waals surface area contributed by atoms with E-state index < -0.39 is 12.2 Å². The van der Waals surface area contributed by atoms with Crippen LogP contribution in [0.1, 0.15) is 60.3 Å². The maximum absolute atomic E-state index is 12.1. The van der Waals surface area contributed by atoms with E-state index in [1.807, 2.05) is 66.7 Å². The number of carbonyl (C=O) groups excluding carboxylic acids is 2. The monoisotopic (exact) mass is 550 g/mol. The fraction of sp³-hybridized carbons (Fsp3) is 0.333. The van der Waals surface area contributed by atoms with Crippen LogP contribution in [0, 0.1) is 0 Å². The molecule has 0 unspecified atom stereocenters. The maximum Gasteiger partial charge on any atom is 0.243 e. The van der Waals surface area contributed by atoms with Crippen LogP contribution < -0.4 is 10.8 Å². The molecule has 0 aliphatic carbocycles. The quantitative estimate of drug-likeness (QED) is 0.145. The molecule has 0 saturated carbocycles. The van der Waals surface area contributed by atoms with Gasteiger partial charge in [0.15, 0.2) is 6.29 Å². The lowest BCUT2D eigenvalue weighted by Gasteiger charge is -2.36. The molecule has 4 rings (SSSR count). The lowest BCUT2D eigenvalue weighted by molar-refractivity contribution is -0.245. The van der Waals surface area contributed by atoms with Crippen LogP contribution in [-0.4, -0.2) is 34.0 Å². The Labute approximate surface area is 232 Å². The Balaban J connectivity index is 1.38. The van der Waals surface area contributed by atoms with Gasteiger partial charge in [0.1, 0.15) is 0 Å². The number of benzene rings is 3. The first kappa shape index (κ1) is 28.8. The van der Waals surface area contributed by atoms with Crippen LogP contribution >= 0.6 is 11.8 Å². The third-order valence-corrected chi connectivity index (χ3v) is 7.61. The summed E-state index contributed by atoms with van der Waals surface area (Å²) in [4.78, 5) is 24.3. The van der Waals surface area contributed by atoms with E-state index in [1.54, 1.807) is 17.2 Å². The summed E-state index contributed by atoms with van der Waals surface area (Å²) in [7, 11) is 0. The van der Waals surface area contributed by atoms with Crippen molar-refractivity contribution in [3.8, 4) is 0 Å². The van der Waals surface area contributed by atoms with Gasteiger partial charge in [-0.15, -0.1) is 11.8 Å². The second kappa shape index (κ2) is 14.8. The van der Waals surface area contributed by atoms with E-state index in [4.69, 9.17) is 14.7 Å². The number of amides is 2. The Bertz CT molecular complexity index is 1190. The van der Waals surface area contributed by atoms with Crippen molar-refractivity contribution in [2.45, 2.75) is 62.2 Å². The van der Waals surface area contributed by atoms with Crippen LogP contribution in [0.25, 0.3) is 0 Å². The minimum Gasteiger partial charge on any atom is -0.392 e. The summed E-state index contributed by atoms with van der Waals surface area (Å²) < 4.78 is 12.8. The molecule has 1 aliphatic rings. The van der Waals surface area contributed by atoms with E-state index in [-0.39, 0.29) is 37.6 Å². The molecule has 1 saturated heterocycles. The SMILES string of the molecule is O=C(CCCC(=O)NCc1ccc([C@@H]2O[C@H](CSc3ccccc3)C[C@H](c3ccc(CO)cc3)O2)cc1)NO. The molecule has 0 spiro atoms. The fourth-order valence-electron chi connectivity index (χ4n) is 4.28. The van der Waals surface area contributed by atoms with Gasteiger partial charge < -0.3 is 19.9 Å². The second-order valence-electron chi connectivity index (χ2n) is 9.38. The van der Waals surface area contributed by atoms with Gasteiger partial charge in [0.2, 0.25) is 11.8 Å². The molecule has 8 nitrogen and oxygen atoms in total. The summed E-state index contributed by atoms with van der Waals surface area (Å²) in [6, 6.07) is 25.9. The molecular formula is C30H34N2O6S. The number of nitrogens with one attached hydrogen (secondary N) is 2. The number of hydrogen-bond acceptors (Lipinski definition) is 7. The van der Waals surface area contributed by atoms with E-state index in [1.165, 1.54) is 4.90 Å². The molecule has 0 bridgehead atoms. The van der Waals surface area contributed by atoms with Gasteiger partial charge in [-0.1, -0.05) is 66.7 Å². The van der Waals surface area contributed by atoms with E-state index in [0.29, 0.717) is 13.0 Å². The number of aliphatic hydroxyl groups excluding tert-OH is 1. The molecule has 1 fully saturated rings. The van der Waals surface area contributed by atoms with Crippen LogP contribution in [0.4, 0.5) is 0 Å². The van der Waals surface area contributed by atoms with Crippen LogP contribution in [0.5, 0.6) is 0 Å². The second-order valence-corrected chi connectivity index (χ2v) is 10.5. The van der Waals surface area contributed by atoms with E-state index in [2.05, 4.69) is 17.4 Å². The normalized spacial score (nSPS) is 18.9. The molecule has 2 amide bonds.